The standard InChI is InChI=1S/C15H18ClFN2/c1-3-15(7-8-15)9-19-12-6-4-5-11(17)13(12)18-14(19)10(2)16/h4-6,10H,3,7-9H2,1-2H3. The summed E-state index contributed by atoms with van der Waals surface area (Å²) in [6, 6.07) is 5.12. The summed E-state index contributed by atoms with van der Waals surface area (Å²) in [6.07, 6.45) is 3.64. The summed E-state index contributed by atoms with van der Waals surface area (Å²) in [5.74, 6) is 0.512. The molecule has 1 aliphatic rings. The molecule has 0 aliphatic heterocycles. The van der Waals surface area contributed by atoms with E-state index in [1.165, 1.54) is 18.9 Å². The molecule has 2 aromatic rings. The third-order valence-electron chi connectivity index (χ3n) is 4.32. The van der Waals surface area contributed by atoms with Gasteiger partial charge in [-0.1, -0.05) is 13.0 Å². The number of halogens is 2. The normalized spacial score (nSPS) is 18.7. The molecule has 0 spiro atoms. The summed E-state index contributed by atoms with van der Waals surface area (Å²) < 4.78 is 16.0. The van der Waals surface area contributed by atoms with E-state index in [0.29, 0.717) is 10.9 Å². The van der Waals surface area contributed by atoms with E-state index in [-0.39, 0.29) is 11.2 Å². The van der Waals surface area contributed by atoms with E-state index in [2.05, 4.69) is 16.5 Å². The summed E-state index contributed by atoms with van der Waals surface area (Å²) in [5, 5.41) is -0.209. The van der Waals surface area contributed by atoms with Crippen LogP contribution in [0.1, 0.15) is 44.3 Å². The largest absolute Gasteiger partial charge is 0.326 e. The highest BCUT2D eigenvalue weighted by Gasteiger charge is 2.41. The number of imidazole rings is 1. The van der Waals surface area contributed by atoms with E-state index < -0.39 is 0 Å². The molecule has 19 heavy (non-hydrogen) atoms. The van der Waals surface area contributed by atoms with Gasteiger partial charge in [0.15, 0.2) is 5.82 Å². The number of nitrogens with zero attached hydrogens (tertiary/aromatic N) is 2. The van der Waals surface area contributed by atoms with Crippen molar-refractivity contribution in [2.24, 2.45) is 5.41 Å². The zero-order valence-corrected chi connectivity index (χ0v) is 12.0. The minimum atomic E-state index is -0.267. The minimum absolute atomic E-state index is 0.209. The quantitative estimate of drug-likeness (QED) is 0.745. The first-order valence-electron chi connectivity index (χ1n) is 6.85. The van der Waals surface area contributed by atoms with Crippen LogP contribution in [0.3, 0.4) is 0 Å². The van der Waals surface area contributed by atoms with Gasteiger partial charge in [-0.05, 0) is 43.7 Å². The number of para-hydroxylation sites is 1. The van der Waals surface area contributed by atoms with Crippen molar-refractivity contribution in [3.05, 3.63) is 29.8 Å². The maximum absolute atomic E-state index is 13.9. The van der Waals surface area contributed by atoms with Crippen LogP contribution in [0, 0.1) is 11.2 Å². The minimum Gasteiger partial charge on any atom is -0.326 e. The van der Waals surface area contributed by atoms with Crippen molar-refractivity contribution in [1.29, 1.82) is 0 Å². The number of hydrogen-bond acceptors (Lipinski definition) is 1. The number of fused-ring (bicyclic) bond motifs is 1. The Balaban J connectivity index is 2.14. The van der Waals surface area contributed by atoms with Crippen molar-refractivity contribution in [2.45, 2.75) is 45.0 Å². The van der Waals surface area contributed by atoms with E-state index in [4.69, 9.17) is 11.6 Å². The molecule has 1 aliphatic carbocycles. The van der Waals surface area contributed by atoms with Gasteiger partial charge >= 0.3 is 0 Å². The molecule has 102 valence electrons. The van der Waals surface area contributed by atoms with Gasteiger partial charge < -0.3 is 4.57 Å². The van der Waals surface area contributed by atoms with E-state index in [1.54, 1.807) is 6.07 Å². The summed E-state index contributed by atoms with van der Waals surface area (Å²) >= 11 is 6.22. The Morgan fingerprint density at radius 2 is 2.21 bits per heavy atom. The molecular formula is C15H18ClFN2. The van der Waals surface area contributed by atoms with Gasteiger partial charge in [0.2, 0.25) is 0 Å². The summed E-state index contributed by atoms with van der Waals surface area (Å²) in [6.45, 7) is 5.01. The lowest BCUT2D eigenvalue weighted by atomic mass is 10.0. The average Bonchev–Trinajstić information content (AvgIpc) is 3.06. The first kappa shape index (κ1) is 12.9. The Labute approximate surface area is 117 Å². The monoisotopic (exact) mass is 280 g/mol. The number of hydrogen-bond donors (Lipinski definition) is 0. The van der Waals surface area contributed by atoms with Crippen molar-refractivity contribution >= 4 is 22.6 Å². The molecule has 1 unspecified atom stereocenters. The lowest BCUT2D eigenvalue weighted by Crippen LogP contribution is -2.13. The van der Waals surface area contributed by atoms with Gasteiger partial charge in [-0.2, -0.15) is 0 Å². The Bertz CT molecular complexity index is 614. The number of aromatic nitrogens is 2. The lowest BCUT2D eigenvalue weighted by Gasteiger charge is -2.17. The predicted octanol–water partition coefficient (Wildman–Crippen LogP) is 4.67. The van der Waals surface area contributed by atoms with Crippen LogP contribution in [0.2, 0.25) is 0 Å². The van der Waals surface area contributed by atoms with Crippen molar-refractivity contribution in [1.82, 2.24) is 9.55 Å². The smallest absolute Gasteiger partial charge is 0.151 e. The van der Waals surface area contributed by atoms with Crippen LogP contribution < -0.4 is 0 Å². The van der Waals surface area contributed by atoms with Gasteiger partial charge in [0.25, 0.3) is 0 Å². The topological polar surface area (TPSA) is 17.8 Å². The Morgan fingerprint density at radius 1 is 1.47 bits per heavy atom. The van der Waals surface area contributed by atoms with Crippen molar-refractivity contribution < 1.29 is 4.39 Å². The van der Waals surface area contributed by atoms with Crippen LogP contribution in [0.4, 0.5) is 4.39 Å². The number of alkyl halides is 1. The molecule has 3 rings (SSSR count). The highest BCUT2D eigenvalue weighted by atomic mass is 35.5. The second-order valence-corrected chi connectivity index (χ2v) is 6.29. The van der Waals surface area contributed by atoms with Gasteiger partial charge in [0.1, 0.15) is 11.3 Å². The number of rotatable bonds is 4. The van der Waals surface area contributed by atoms with Crippen LogP contribution in [-0.2, 0) is 6.54 Å². The van der Waals surface area contributed by atoms with Crippen LogP contribution in [0.15, 0.2) is 18.2 Å². The van der Waals surface area contributed by atoms with Crippen molar-refractivity contribution in [2.75, 3.05) is 0 Å². The summed E-state index contributed by atoms with van der Waals surface area (Å²) in [5.41, 5.74) is 1.68. The third kappa shape index (κ3) is 2.14. The molecule has 0 N–H and O–H groups in total. The Hall–Kier alpha value is -1.09. The average molecular weight is 281 g/mol. The molecule has 4 heteroatoms. The molecular weight excluding hydrogens is 263 g/mol. The second kappa shape index (κ2) is 4.48. The summed E-state index contributed by atoms with van der Waals surface area (Å²) in [7, 11) is 0. The fourth-order valence-electron chi connectivity index (χ4n) is 2.74. The first-order chi connectivity index (χ1) is 9.06. The molecule has 0 amide bonds. The van der Waals surface area contributed by atoms with Crippen LogP contribution in [0.5, 0.6) is 0 Å². The predicted molar refractivity (Wildman–Crippen MR) is 75.9 cm³/mol. The maximum atomic E-state index is 13.9. The molecule has 0 radical (unpaired) electrons. The molecule has 0 bridgehead atoms. The molecule has 2 nitrogen and oxygen atoms in total. The Kier molecular flexibility index (Phi) is 3.05. The zero-order chi connectivity index (χ0) is 13.6. The molecule has 0 saturated heterocycles. The van der Waals surface area contributed by atoms with Crippen LogP contribution >= 0.6 is 11.6 Å². The fourth-order valence-corrected chi connectivity index (χ4v) is 2.90. The molecule has 1 aromatic carbocycles. The second-order valence-electron chi connectivity index (χ2n) is 5.63. The molecule has 1 atom stereocenters. The van der Waals surface area contributed by atoms with Gasteiger partial charge in [0, 0.05) is 6.54 Å². The molecule has 1 aromatic heterocycles. The highest BCUT2D eigenvalue weighted by Crippen LogP contribution is 2.50. The van der Waals surface area contributed by atoms with E-state index in [0.717, 1.165) is 24.3 Å². The van der Waals surface area contributed by atoms with E-state index in [1.807, 2.05) is 13.0 Å². The van der Waals surface area contributed by atoms with Gasteiger partial charge in [-0.3, -0.25) is 0 Å². The zero-order valence-electron chi connectivity index (χ0n) is 11.3. The SMILES string of the molecule is CCC1(Cn2c(C(C)Cl)nc3c(F)cccc32)CC1. The van der Waals surface area contributed by atoms with E-state index >= 15 is 0 Å². The van der Waals surface area contributed by atoms with E-state index in [9.17, 15) is 4.39 Å². The van der Waals surface area contributed by atoms with Crippen molar-refractivity contribution in [3.8, 4) is 0 Å². The number of benzene rings is 1. The lowest BCUT2D eigenvalue weighted by molar-refractivity contribution is 0.407. The maximum Gasteiger partial charge on any atom is 0.151 e. The fraction of sp³-hybridized carbons (Fsp3) is 0.533. The van der Waals surface area contributed by atoms with Crippen LogP contribution in [-0.4, -0.2) is 9.55 Å². The first-order valence-corrected chi connectivity index (χ1v) is 7.29. The van der Waals surface area contributed by atoms with Gasteiger partial charge in [-0.25, -0.2) is 9.37 Å². The molecule has 1 fully saturated rings. The highest BCUT2D eigenvalue weighted by molar-refractivity contribution is 6.20. The van der Waals surface area contributed by atoms with Gasteiger partial charge in [-0.15, -0.1) is 11.6 Å². The third-order valence-corrected chi connectivity index (χ3v) is 4.51. The summed E-state index contributed by atoms with van der Waals surface area (Å²) in [4.78, 5) is 4.41. The van der Waals surface area contributed by atoms with Crippen LogP contribution in [0.25, 0.3) is 11.0 Å². The molecule has 1 saturated carbocycles. The molecule has 1 heterocycles. The van der Waals surface area contributed by atoms with Crippen molar-refractivity contribution in [3.63, 3.8) is 0 Å². The Morgan fingerprint density at radius 3 is 2.79 bits per heavy atom. The van der Waals surface area contributed by atoms with Gasteiger partial charge in [0.05, 0.1) is 10.9 Å².